The molecule has 0 saturated carbocycles. The number of aromatic nitrogens is 1. The molecule has 0 radical (unpaired) electrons. The average Bonchev–Trinajstić information content (AvgIpc) is 2.84. The Morgan fingerprint density at radius 1 is 1.09 bits per heavy atom. The predicted molar refractivity (Wildman–Crippen MR) is 124 cm³/mol. The summed E-state index contributed by atoms with van der Waals surface area (Å²) < 4.78 is 5.78. The van der Waals surface area contributed by atoms with Gasteiger partial charge in [-0.3, -0.25) is 4.98 Å². The first-order chi connectivity index (χ1) is 15.7. The topological polar surface area (TPSA) is 90.3 Å². The number of nitrogens with zero attached hydrogens (tertiary/aromatic N) is 3. The zero-order valence-electron chi connectivity index (χ0n) is 17.7. The highest BCUT2D eigenvalue weighted by Gasteiger charge is 2.21. The van der Waals surface area contributed by atoms with Crippen molar-refractivity contribution in [3.05, 3.63) is 84.2 Å². The minimum Gasteiger partial charge on any atom is -0.487 e. The molecule has 1 fully saturated rings. The standard InChI is InChI=1S/C25H25N5O2/c26-17-19-7-9-23(10-8-19)30-14-11-20(12-15-30)28-25(31)29-21-5-3-6-24(16-21)32-18-22-4-1-2-13-27-22/h1-10,13,16,20H,11-12,14-15,18H2,(H2,28,29,31). The maximum atomic E-state index is 12.5. The van der Waals surface area contributed by atoms with Crippen molar-refractivity contribution < 1.29 is 9.53 Å². The second-order valence-corrected chi connectivity index (χ2v) is 7.66. The molecule has 32 heavy (non-hydrogen) atoms. The molecule has 2 aromatic carbocycles. The second-order valence-electron chi connectivity index (χ2n) is 7.66. The molecule has 2 heterocycles. The zero-order valence-corrected chi connectivity index (χ0v) is 17.7. The van der Waals surface area contributed by atoms with Crippen LogP contribution in [0.1, 0.15) is 24.1 Å². The van der Waals surface area contributed by atoms with Gasteiger partial charge in [-0.15, -0.1) is 0 Å². The number of ether oxygens (including phenoxy) is 1. The van der Waals surface area contributed by atoms with E-state index in [-0.39, 0.29) is 12.1 Å². The van der Waals surface area contributed by atoms with Gasteiger partial charge in [0.05, 0.1) is 17.3 Å². The summed E-state index contributed by atoms with van der Waals surface area (Å²) in [5, 5.41) is 14.9. The number of rotatable bonds is 6. The molecule has 0 spiro atoms. The molecule has 162 valence electrons. The highest BCUT2D eigenvalue weighted by Crippen LogP contribution is 2.21. The molecule has 0 unspecified atom stereocenters. The van der Waals surface area contributed by atoms with Gasteiger partial charge in [0.1, 0.15) is 12.4 Å². The maximum Gasteiger partial charge on any atom is 0.319 e. The van der Waals surface area contributed by atoms with Gasteiger partial charge in [-0.1, -0.05) is 12.1 Å². The molecule has 7 nitrogen and oxygen atoms in total. The Labute approximate surface area is 187 Å². The first kappa shape index (κ1) is 21.2. The monoisotopic (exact) mass is 427 g/mol. The van der Waals surface area contributed by atoms with Crippen LogP contribution in [0.5, 0.6) is 5.75 Å². The summed E-state index contributed by atoms with van der Waals surface area (Å²) >= 11 is 0. The van der Waals surface area contributed by atoms with Gasteiger partial charge < -0.3 is 20.3 Å². The number of nitrogens with one attached hydrogen (secondary N) is 2. The van der Waals surface area contributed by atoms with E-state index in [1.807, 2.05) is 60.7 Å². The van der Waals surface area contributed by atoms with E-state index >= 15 is 0 Å². The molecule has 1 aliphatic heterocycles. The SMILES string of the molecule is N#Cc1ccc(N2CCC(NC(=O)Nc3cccc(OCc4ccccn4)c3)CC2)cc1. The number of pyridine rings is 1. The molecule has 0 bridgehead atoms. The third-order valence-corrected chi connectivity index (χ3v) is 5.40. The summed E-state index contributed by atoms with van der Waals surface area (Å²) in [5.41, 5.74) is 3.29. The second kappa shape index (κ2) is 10.3. The summed E-state index contributed by atoms with van der Waals surface area (Å²) in [6.07, 6.45) is 3.46. The van der Waals surface area contributed by atoms with Gasteiger partial charge >= 0.3 is 6.03 Å². The molecule has 3 aromatic rings. The molecule has 0 aliphatic carbocycles. The van der Waals surface area contributed by atoms with E-state index in [0.29, 0.717) is 23.6 Å². The van der Waals surface area contributed by atoms with Gasteiger partial charge in [-0.05, 0) is 61.4 Å². The third-order valence-electron chi connectivity index (χ3n) is 5.40. The Bertz CT molecular complexity index is 1070. The number of amides is 2. The molecule has 2 N–H and O–H groups in total. The van der Waals surface area contributed by atoms with Gasteiger partial charge in [0.15, 0.2) is 0 Å². The van der Waals surface area contributed by atoms with Crippen LogP contribution in [-0.4, -0.2) is 30.1 Å². The van der Waals surface area contributed by atoms with Crippen LogP contribution in [0.3, 0.4) is 0 Å². The van der Waals surface area contributed by atoms with E-state index in [4.69, 9.17) is 10.00 Å². The fraction of sp³-hybridized carbons (Fsp3) is 0.240. The highest BCUT2D eigenvalue weighted by molar-refractivity contribution is 5.89. The fourth-order valence-electron chi connectivity index (χ4n) is 3.69. The van der Waals surface area contributed by atoms with E-state index in [0.717, 1.165) is 37.3 Å². The summed E-state index contributed by atoms with van der Waals surface area (Å²) in [5.74, 6) is 0.671. The van der Waals surface area contributed by atoms with E-state index in [9.17, 15) is 4.79 Å². The summed E-state index contributed by atoms with van der Waals surface area (Å²) in [6, 6.07) is 22.7. The summed E-state index contributed by atoms with van der Waals surface area (Å²) in [7, 11) is 0. The Morgan fingerprint density at radius 3 is 2.62 bits per heavy atom. The number of nitriles is 1. The van der Waals surface area contributed by atoms with Crippen molar-refractivity contribution in [2.75, 3.05) is 23.3 Å². The van der Waals surface area contributed by atoms with Crippen LogP contribution in [0.25, 0.3) is 0 Å². The molecule has 2 amide bonds. The Morgan fingerprint density at radius 2 is 1.91 bits per heavy atom. The van der Waals surface area contributed by atoms with Gasteiger partial charge in [0, 0.05) is 42.8 Å². The van der Waals surface area contributed by atoms with E-state index in [2.05, 4.69) is 26.6 Å². The number of hydrogen-bond acceptors (Lipinski definition) is 5. The van der Waals surface area contributed by atoms with Gasteiger partial charge in [-0.25, -0.2) is 4.79 Å². The lowest BCUT2D eigenvalue weighted by Crippen LogP contribution is -2.46. The molecule has 4 rings (SSSR count). The van der Waals surface area contributed by atoms with Crippen molar-refractivity contribution in [3.63, 3.8) is 0 Å². The van der Waals surface area contributed by atoms with Crippen molar-refractivity contribution in [1.82, 2.24) is 10.3 Å². The molecule has 7 heteroatoms. The Balaban J connectivity index is 1.24. The minimum atomic E-state index is -0.219. The number of piperidine rings is 1. The van der Waals surface area contributed by atoms with Crippen molar-refractivity contribution in [1.29, 1.82) is 5.26 Å². The number of anilines is 2. The summed E-state index contributed by atoms with van der Waals surface area (Å²) in [6.45, 7) is 2.08. The molecular formula is C25H25N5O2. The molecule has 0 atom stereocenters. The smallest absolute Gasteiger partial charge is 0.319 e. The number of hydrogen-bond donors (Lipinski definition) is 2. The quantitative estimate of drug-likeness (QED) is 0.611. The lowest BCUT2D eigenvalue weighted by atomic mass is 10.0. The average molecular weight is 428 g/mol. The van der Waals surface area contributed by atoms with Crippen molar-refractivity contribution in [3.8, 4) is 11.8 Å². The van der Waals surface area contributed by atoms with E-state index in [1.165, 1.54) is 0 Å². The number of benzene rings is 2. The molecule has 1 saturated heterocycles. The van der Waals surface area contributed by atoms with E-state index in [1.54, 1.807) is 12.3 Å². The first-order valence-corrected chi connectivity index (χ1v) is 10.6. The maximum absolute atomic E-state index is 12.5. The molecular weight excluding hydrogens is 402 g/mol. The number of carbonyl (C=O) groups excluding carboxylic acids is 1. The third kappa shape index (κ3) is 5.76. The van der Waals surface area contributed by atoms with Crippen LogP contribution < -0.4 is 20.3 Å². The van der Waals surface area contributed by atoms with Crippen LogP contribution >= 0.6 is 0 Å². The van der Waals surface area contributed by atoms with Crippen LogP contribution in [0.4, 0.5) is 16.2 Å². The number of urea groups is 1. The van der Waals surface area contributed by atoms with Crippen molar-refractivity contribution >= 4 is 17.4 Å². The lowest BCUT2D eigenvalue weighted by molar-refractivity contribution is 0.246. The van der Waals surface area contributed by atoms with Gasteiger partial charge in [0.2, 0.25) is 0 Å². The number of carbonyl (C=O) groups is 1. The highest BCUT2D eigenvalue weighted by atomic mass is 16.5. The lowest BCUT2D eigenvalue weighted by Gasteiger charge is -2.34. The van der Waals surface area contributed by atoms with Gasteiger partial charge in [-0.2, -0.15) is 5.26 Å². The largest absolute Gasteiger partial charge is 0.487 e. The fourth-order valence-corrected chi connectivity index (χ4v) is 3.69. The van der Waals surface area contributed by atoms with Crippen LogP contribution in [0.2, 0.25) is 0 Å². The van der Waals surface area contributed by atoms with E-state index < -0.39 is 0 Å². The first-order valence-electron chi connectivity index (χ1n) is 10.6. The minimum absolute atomic E-state index is 0.119. The van der Waals surface area contributed by atoms with Crippen LogP contribution in [0, 0.1) is 11.3 Å². The Hall–Kier alpha value is -4.05. The van der Waals surface area contributed by atoms with Gasteiger partial charge in [0.25, 0.3) is 0 Å². The van der Waals surface area contributed by atoms with Crippen LogP contribution in [0.15, 0.2) is 72.9 Å². The van der Waals surface area contributed by atoms with Crippen molar-refractivity contribution in [2.45, 2.75) is 25.5 Å². The summed E-state index contributed by atoms with van der Waals surface area (Å²) in [4.78, 5) is 19.0. The zero-order chi connectivity index (χ0) is 22.2. The normalized spacial score (nSPS) is 13.8. The predicted octanol–water partition coefficient (Wildman–Crippen LogP) is 4.32. The van der Waals surface area contributed by atoms with Crippen LogP contribution in [-0.2, 0) is 6.61 Å². The Kier molecular flexibility index (Phi) is 6.83. The molecule has 1 aromatic heterocycles. The molecule has 1 aliphatic rings. The van der Waals surface area contributed by atoms with Crippen molar-refractivity contribution in [2.24, 2.45) is 0 Å².